The number of benzene rings is 3. The summed E-state index contributed by atoms with van der Waals surface area (Å²) in [6.45, 7) is 3.28. The Hall–Kier alpha value is -3.42. The zero-order valence-electron chi connectivity index (χ0n) is 22.9. The van der Waals surface area contributed by atoms with Gasteiger partial charge in [0.15, 0.2) is 4.80 Å². The number of ether oxygens (including phenoxy) is 1. The fraction of sp³-hybridized carbons (Fsp3) is 0.235. The van der Waals surface area contributed by atoms with Crippen molar-refractivity contribution in [3.8, 4) is 0 Å². The third-order valence-electron chi connectivity index (χ3n) is 8.10. The van der Waals surface area contributed by atoms with Gasteiger partial charge in [0.1, 0.15) is 0 Å². The van der Waals surface area contributed by atoms with Crippen LogP contribution in [0.1, 0.15) is 42.0 Å². The number of morpholine rings is 1. The molecule has 3 aromatic carbocycles. The molecule has 0 bridgehead atoms. The molecule has 42 heavy (non-hydrogen) atoms. The van der Waals surface area contributed by atoms with Gasteiger partial charge in [0, 0.05) is 28.8 Å². The Morgan fingerprint density at radius 3 is 2.19 bits per heavy atom. The van der Waals surface area contributed by atoms with Crippen molar-refractivity contribution in [3.63, 3.8) is 0 Å². The molecule has 1 aliphatic carbocycles. The first-order chi connectivity index (χ1) is 20.5. The van der Waals surface area contributed by atoms with Gasteiger partial charge in [-0.25, -0.2) is 4.99 Å². The Bertz CT molecular complexity index is 1870. The molecule has 0 spiro atoms. The van der Waals surface area contributed by atoms with Crippen molar-refractivity contribution in [3.05, 3.63) is 136 Å². The van der Waals surface area contributed by atoms with Gasteiger partial charge in [-0.2, -0.15) is 0 Å². The monoisotopic (exact) mass is 613 g/mol. The van der Waals surface area contributed by atoms with Crippen LogP contribution in [0, 0.1) is 0 Å². The highest BCUT2D eigenvalue weighted by Crippen LogP contribution is 2.41. The molecule has 0 saturated carbocycles. The summed E-state index contributed by atoms with van der Waals surface area (Å²) in [6, 6.07) is 23.9. The normalized spacial score (nSPS) is 20.0. The van der Waals surface area contributed by atoms with E-state index in [2.05, 4.69) is 35.2 Å². The highest BCUT2D eigenvalue weighted by Gasteiger charge is 2.32. The van der Waals surface area contributed by atoms with Crippen LogP contribution in [-0.2, 0) is 4.74 Å². The molecule has 1 atom stereocenters. The van der Waals surface area contributed by atoms with Crippen molar-refractivity contribution in [1.82, 2.24) is 4.57 Å². The zero-order valence-corrected chi connectivity index (χ0v) is 25.3. The van der Waals surface area contributed by atoms with E-state index in [0.29, 0.717) is 14.6 Å². The number of rotatable bonds is 4. The Balaban J connectivity index is 1.34. The van der Waals surface area contributed by atoms with E-state index >= 15 is 0 Å². The SMILES string of the molecule is O=c1/c(=C\c2ccc(N3CCOCC3)cc2)sc2n1C(c1ccc(Cl)cc1)C1=C(N=2)/C(=C/c2ccc(Cl)cc2)CCC1. The van der Waals surface area contributed by atoms with E-state index < -0.39 is 0 Å². The summed E-state index contributed by atoms with van der Waals surface area (Å²) in [5.74, 6) is 0. The average Bonchev–Trinajstić information content (AvgIpc) is 3.33. The Morgan fingerprint density at radius 1 is 0.833 bits per heavy atom. The number of aromatic nitrogens is 1. The number of hydrogen-bond donors (Lipinski definition) is 0. The van der Waals surface area contributed by atoms with Crippen LogP contribution in [0.25, 0.3) is 12.2 Å². The molecular formula is C34H29Cl2N3O2S. The molecule has 4 aromatic rings. The lowest BCUT2D eigenvalue weighted by Crippen LogP contribution is -2.39. The molecule has 2 aliphatic heterocycles. The molecule has 5 nitrogen and oxygen atoms in total. The first-order valence-corrected chi connectivity index (χ1v) is 15.8. The second kappa shape index (κ2) is 11.7. The molecule has 1 fully saturated rings. The standard InChI is InChI=1S/C34H29Cl2N3O2S/c35-26-10-4-22(5-11-26)20-25-2-1-3-29-31(25)37-34-39(32(29)24-8-12-27(36)13-9-24)33(40)30(42-34)21-23-6-14-28(15-7-23)38-16-18-41-19-17-38/h4-15,20-21,32H,1-3,16-19H2/b25-20+,30-21+. The lowest BCUT2D eigenvalue weighted by molar-refractivity contribution is 0.122. The maximum Gasteiger partial charge on any atom is 0.271 e. The Labute approximate surface area is 258 Å². The molecule has 3 heterocycles. The minimum Gasteiger partial charge on any atom is -0.378 e. The van der Waals surface area contributed by atoms with E-state index in [0.717, 1.165) is 72.8 Å². The topological polar surface area (TPSA) is 46.8 Å². The lowest BCUT2D eigenvalue weighted by atomic mass is 9.84. The number of thiazole rings is 1. The van der Waals surface area contributed by atoms with Gasteiger partial charge in [-0.05, 0) is 95.6 Å². The second-order valence-electron chi connectivity index (χ2n) is 10.8. The highest BCUT2D eigenvalue weighted by molar-refractivity contribution is 7.07. The molecule has 8 heteroatoms. The first kappa shape index (κ1) is 27.4. The van der Waals surface area contributed by atoms with E-state index in [1.54, 1.807) is 0 Å². The van der Waals surface area contributed by atoms with Gasteiger partial charge in [-0.1, -0.05) is 70.9 Å². The van der Waals surface area contributed by atoms with Gasteiger partial charge < -0.3 is 9.64 Å². The van der Waals surface area contributed by atoms with Crippen molar-refractivity contribution in [2.24, 2.45) is 4.99 Å². The van der Waals surface area contributed by atoms with Crippen LogP contribution in [0.3, 0.4) is 0 Å². The van der Waals surface area contributed by atoms with Crippen LogP contribution >= 0.6 is 34.5 Å². The summed E-state index contributed by atoms with van der Waals surface area (Å²) in [4.78, 5) is 22.2. The van der Waals surface area contributed by atoms with Gasteiger partial charge in [0.05, 0.1) is 29.5 Å². The van der Waals surface area contributed by atoms with Crippen LogP contribution < -0.4 is 19.8 Å². The van der Waals surface area contributed by atoms with Gasteiger partial charge in [0.2, 0.25) is 0 Å². The maximum atomic E-state index is 14.0. The number of halogens is 2. The predicted molar refractivity (Wildman–Crippen MR) is 172 cm³/mol. The maximum absolute atomic E-state index is 14.0. The second-order valence-corrected chi connectivity index (χ2v) is 12.7. The predicted octanol–water partition coefficient (Wildman–Crippen LogP) is 6.63. The van der Waals surface area contributed by atoms with Gasteiger partial charge in [0.25, 0.3) is 5.56 Å². The molecule has 1 unspecified atom stereocenters. The smallest absolute Gasteiger partial charge is 0.271 e. The molecule has 0 radical (unpaired) electrons. The van der Waals surface area contributed by atoms with Gasteiger partial charge >= 0.3 is 0 Å². The van der Waals surface area contributed by atoms with Gasteiger partial charge in [-0.3, -0.25) is 9.36 Å². The molecule has 0 N–H and O–H groups in total. The minimum atomic E-state index is -0.228. The first-order valence-electron chi connectivity index (χ1n) is 14.2. The largest absolute Gasteiger partial charge is 0.378 e. The van der Waals surface area contributed by atoms with E-state index in [4.69, 9.17) is 32.9 Å². The molecule has 3 aliphatic rings. The third kappa shape index (κ3) is 5.40. The summed E-state index contributed by atoms with van der Waals surface area (Å²) in [6.07, 6.45) is 7.01. The minimum absolute atomic E-state index is 0.0173. The van der Waals surface area contributed by atoms with Crippen molar-refractivity contribution in [2.75, 3.05) is 31.2 Å². The quantitative estimate of drug-likeness (QED) is 0.260. The van der Waals surface area contributed by atoms with Crippen molar-refractivity contribution in [2.45, 2.75) is 25.3 Å². The number of nitrogens with zero attached hydrogens (tertiary/aromatic N) is 3. The zero-order chi connectivity index (χ0) is 28.6. The van der Waals surface area contributed by atoms with E-state index in [9.17, 15) is 4.79 Å². The molecule has 1 saturated heterocycles. The number of hydrogen-bond acceptors (Lipinski definition) is 5. The summed E-state index contributed by atoms with van der Waals surface area (Å²) in [5.41, 5.74) is 7.64. The number of allylic oxidation sites excluding steroid dienone is 2. The molecule has 0 amide bonds. The number of anilines is 1. The molecular weight excluding hydrogens is 585 g/mol. The lowest BCUT2D eigenvalue weighted by Gasteiger charge is -2.31. The summed E-state index contributed by atoms with van der Waals surface area (Å²) < 4.78 is 8.05. The molecule has 7 rings (SSSR count). The summed E-state index contributed by atoms with van der Waals surface area (Å²) in [7, 11) is 0. The van der Waals surface area contributed by atoms with Crippen LogP contribution in [0.4, 0.5) is 5.69 Å². The third-order valence-corrected chi connectivity index (χ3v) is 9.58. The average molecular weight is 615 g/mol. The van der Waals surface area contributed by atoms with Crippen LogP contribution in [-0.4, -0.2) is 30.9 Å². The van der Waals surface area contributed by atoms with E-state index in [1.807, 2.05) is 59.2 Å². The number of fused-ring (bicyclic) bond motifs is 1. The van der Waals surface area contributed by atoms with E-state index in [1.165, 1.54) is 28.2 Å². The summed E-state index contributed by atoms with van der Waals surface area (Å²) in [5, 5.41) is 1.39. The van der Waals surface area contributed by atoms with Crippen molar-refractivity contribution < 1.29 is 4.74 Å². The van der Waals surface area contributed by atoms with Crippen LogP contribution in [0.15, 0.2) is 99.4 Å². The highest BCUT2D eigenvalue weighted by atomic mass is 35.5. The van der Waals surface area contributed by atoms with Gasteiger partial charge in [-0.15, -0.1) is 0 Å². The van der Waals surface area contributed by atoms with E-state index in [-0.39, 0.29) is 11.6 Å². The Kier molecular flexibility index (Phi) is 7.63. The summed E-state index contributed by atoms with van der Waals surface area (Å²) >= 11 is 13.9. The van der Waals surface area contributed by atoms with Crippen molar-refractivity contribution >= 4 is 52.4 Å². The fourth-order valence-electron chi connectivity index (χ4n) is 6.02. The fourth-order valence-corrected chi connectivity index (χ4v) is 7.27. The Morgan fingerprint density at radius 2 is 1.48 bits per heavy atom. The molecule has 212 valence electrons. The van der Waals surface area contributed by atoms with Crippen LogP contribution in [0.5, 0.6) is 0 Å². The molecule has 1 aromatic heterocycles. The van der Waals surface area contributed by atoms with Crippen LogP contribution in [0.2, 0.25) is 10.0 Å². The van der Waals surface area contributed by atoms with Crippen molar-refractivity contribution in [1.29, 1.82) is 0 Å².